The first kappa shape index (κ1) is 14.6. The van der Waals surface area contributed by atoms with Gasteiger partial charge < -0.3 is 21.4 Å². The van der Waals surface area contributed by atoms with E-state index in [1.165, 1.54) is 6.42 Å². The number of hydrogen-bond acceptors (Lipinski definition) is 4. The summed E-state index contributed by atoms with van der Waals surface area (Å²) in [4.78, 5) is 24.1. The van der Waals surface area contributed by atoms with E-state index in [1.807, 2.05) is 0 Å². The molecule has 1 heterocycles. The largest absolute Gasteiger partial charge is 0.377 e. The van der Waals surface area contributed by atoms with Gasteiger partial charge in [-0.05, 0) is 19.8 Å². The van der Waals surface area contributed by atoms with Crippen molar-refractivity contribution in [1.82, 2.24) is 16.0 Å². The number of amides is 2. The van der Waals surface area contributed by atoms with Crippen molar-refractivity contribution in [1.29, 1.82) is 5.41 Å². The SMILES string of the molecule is CC(=N)/C(NC(=O)C1CCCCC1)=C1\NCCNC1=O. The summed E-state index contributed by atoms with van der Waals surface area (Å²) in [5.74, 6) is -0.328. The Kier molecular flexibility index (Phi) is 4.76. The van der Waals surface area contributed by atoms with Crippen molar-refractivity contribution in [3.63, 3.8) is 0 Å². The molecule has 1 aliphatic carbocycles. The average molecular weight is 278 g/mol. The summed E-state index contributed by atoms with van der Waals surface area (Å²) in [6.07, 6.45) is 5.13. The molecule has 20 heavy (non-hydrogen) atoms. The molecule has 6 nitrogen and oxygen atoms in total. The highest BCUT2D eigenvalue weighted by molar-refractivity contribution is 6.07. The summed E-state index contributed by atoms with van der Waals surface area (Å²) in [7, 11) is 0. The zero-order valence-corrected chi connectivity index (χ0v) is 11.8. The zero-order chi connectivity index (χ0) is 14.5. The quantitative estimate of drug-likeness (QED) is 0.451. The van der Waals surface area contributed by atoms with Gasteiger partial charge in [-0.1, -0.05) is 19.3 Å². The van der Waals surface area contributed by atoms with E-state index in [2.05, 4.69) is 16.0 Å². The first-order valence-corrected chi connectivity index (χ1v) is 7.22. The highest BCUT2D eigenvalue weighted by atomic mass is 16.2. The Hall–Kier alpha value is -1.85. The van der Waals surface area contributed by atoms with Gasteiger partial charge in [-0.2, -0.15) is 0 Å². The lowest BCUT2D eigenvalue weighted by Crippen LogP contribution is -2.46. The van der Waals surface area contributed by atoms with Crippen molar-refractivity contribution in [3.8, 4) is 0 Å². The van der Waals surface area contributed by atoms with E-state index < -0.39 is 0 Å². The molecule has 0 aromatic heterocycles. The molecular weight excluding hydrogens is 256 g/mol. The summed E-state index contributed by atoms with van der Waals surface area (Å²) < 4.78 is 0. The Balaban J connectivity index is 2.12. The molecule has 4 N–H and O–H groups in total. The molecule has 2 aliphatic rings. The molecule has 1 saturated carbocycles. The lowest BCUT2D eigenvalue weighted by molar-refractivity contribution is -0.125. The van der Waals surface area contributed by atoms with E-state index in [1.54, 1.807) is 6.92 Å². The van der Waals surface area contributed by atoms with Gasteiger partial charge in [0.1, 0.15) is 5.70 Å². The molecule has 2 amide bonds. The molecule has 6 heteroatoms. The van der Waals surface area contributed by atoms with E-state index in [9.17, 15) is 9.59 Å². The first-order valence-electron chi connectivity index (χ1n) is 7.22. The fourth-order valence-corrected chi connectivity index (χ4v) is 2.67. The van der Waals surface area contributed by atoms with Gasteiger partial charge in [0.2, 0.25) is 5.91 Å². The third-order valence-electron chi connectivity index (χ3n) is 3.79. The summed E-state index contributed by atoms with van der Waals surface area (Å²) in [6, 6.07) is 0. The van der Waals surface area contributed by atoms with Crippen molar-refractivity contribution < 1.29 is 9.59 Å². The molecule has 1 saturated heterocycles. The van der Waals surface area contributed by atoms with Crippen LogP contribution in [0.4, 0.5) is 0 Å². The van der Waals surface area contributed by atoms with Crippen LogP contribution >= 0.6 is 0 Å². The Labute approximate surface area is 118 Å². The van der Waals surface area contributed by atoms with Crippen LogP contribution in [0.5, 0.6) is 0 Å². The van der Waals surface area contributed by atoms with Crippen LogP contribution in [0.15, 0.2) is 11.4 Å². The molecule has 0 radical (unpaired) electrons. The molecule has 0 atom stereocenters. The standard InChI is InChI=1S/C14H22N4O2/c1-9(15)11(12-14(20)17-8-7-16-12)18-13(19)10-5-3-2-4-6-10/h10,15-16H,2-8H2,1H3,(H,17,20)(H,18,19)/b12-11+,15-9?. The zero-order valence-electron chi connectivity index (χ0n) is 11.8. The number of allylic oxidation sites excluding steroid dienone is 1. The molecule has 0 unspecified atom stereocenters. The van der Waals surface area contributed by atoms with Crippen molar-refractivity contribution in [2.45, 2.75) is 39.0 Å². The highest BCUT2D eigenvalue weighted by Crippen LogP contribution is 2.24. The van der Waals surface area contributed by atoms with Gasteiger partial charge in [0, 0.05) is 19.0 Å². The number of hydrogen-bond donors (Lipinski definition) is 4. The predicted octanol–water partition coefficient (Wildman–Crippen LogP) is 0.654. The Bertz CT molecular complexity index is 450. The van der Waals surface area contributed by atoms with Crippen LogP contribution in [-0.4, -0.2) is 30.6 Å². The summed E-state index contributed by atoms with van der Waals surface area (Å²) in [5.41, 5.74) is 0.791. The minimum atomic E-state index is -0.262. The Morgan fingerprint density at radius 3 is 2.45 bits per heavy atom. The van der Waals surface area contributed by atoms with Crippen LogP contribution in [0.1, 0.15) is 39.0 Å². The monoisotopic (exact) mass is 278 g/mol. The van der Waals surface area contributed by atoms with Crippen molar-refractivity contribution in [2.24, 2.45) is 5.92 Å². The van der Waals surface area contributed by atoms with E-state index in [-0.39, 0.29) is 23.4 Å². The third kappa shape index (κ3) is 3.37. The van der Waals surface area contributed by atoms with Gasteiger partial charge in [0.15, 0.2) is 0 Å². The molecule has 1 aliphatic heterocycles. The number of carbonyl (C=O) groups is 2. The number of nitrogens with one attached hydrogen (secondary N) is 4. The van der Waals surface area contributed by atoms with Crippen molar-refractivity contribution in [3.05, 3.63) is 11.4 Å². The maximum atomic E-state index is 12.3. The van der Waals surface area contributed by atoms with E-state index in [0.29, 0.717) is 24.5 Å². The fraction of sp³-hybridized carbons (Fsp3) is 0.643. The van der Waals surface area contributed by atoms with Gasteiger partial charge in [0.25, 0.3) is 5.91 Å². The second-order valence-electron chi connectivity index (χ2n) is 5.38. The lowest BCUT2D eigenvalue weighted by atomic mass is 9.88. The van der Waals surface area contributed by atoms with Gasteiger partial charge >= 0.3 is 0 Å². The Morgan fingerprint density at radius 2 is 1.85 bits per heavy atom. The number of piperazine rings is 1. The maximum Gasteiger partial charge on any atom is 0.269 e. The van der Waals surface area contributed by atoms with Crippen LogP contribution in [0.2, 0.25) is 0 Å². The van der Waals surface area contributed by atoms with Crippen molar-refractivity contribution >= 4 is 17.5 Å². The normalized spacial score (nSPS) is 22.6. The van der Waals surface area contributed by atoms with Gasteiger partial charge in [-0.25, -0.2) is 0 Å². The van der Waals surface area contributed by atoms with E-state index in [0.717, 1.165) is 25.7 Å². The minimum Gasteiger partial charge on any atom is -0.377 e. The minimum absolute atomic E-state index is 0.00496. The van der Waals surface area contributed by atoms with Crippen LogP contribution in [-0.2, 0) is 9.59 Å². The molecule has 0 spiro atoms. The average Bonchev–Trinajstić information content (AvgIpc) is 2.46. The first-order chi connectivity index (χ1) is 9.59. The second-order valence-corrected chi connectivity index (χ2v) is 5.38. The third-order valence-corrected chi connectivity index (χ3v) is 3.79. The fourth-order valence-electron chi connectivity index (χ4n) is 2.67. The second kappa shape index (κ2) is 6.54. The number of carbonyl (C=O) groups excluding carboxylic acids is 2. The lowest BCUT2D eigenvalue weighted by Gasteiger charge is -2.24. The molecule has 2 rings (SSSR count). The highest BCUT2D eigenvalue weighted by Gasteiger charge is 2.25. The van der Waals surface area contributed by atoms with Crippen LogP contribution in [0.3, 0.4) is 0 Å². The molecule has 0 bridgehead atoms. The molecule has 0 aromatic rings. The van der Waals surface area contributed by atoms with Gasteiger partial charge in [-0.15, -0.1) is 0 Å². The molecule has 2 fully saturated rings. The summed E-state index contributed by atoms with van der Waals surface area (Å²) in [5, 5.41) is 16.3. The predicted molar refractivity (Wildman–Crippen MR) is 76.2 cm³/mol. The molecule has 0 aromatic carbocycles. The van der Waals surface area contributed by atoms with Crippen LogP contribution in [0.25, 0.3) is 0 Å². The van der Waals surface area contributed by atoms with Crippen LogP contribution < -0.4 is 16.0 Å². The Morgan fingerprint density at radius 1 is 1.20 bits per heavy atom. The maximum absolute atomic E-state index is 12.3. The van der Waals surface area contributed by atoms with Crippen molar-refractivity contribution in [2.75, 3.05) is 13.1 Å². The van der Waals surface area contributed by atoms with E-state index in [4.69, 9.17) is 5.41 Å². The summed E-state index contributed by atoms with van der Waals surface area (Å²) in [6.45, 7) is 2.74. The topological polar surface area (TPSA) is 94.1 Å². The number of rotatable bonds is 3. The summed E-state index contributed by atoms with van der Waals surface area (Å²) >= 11 is 0. The molecular formula is C14H22N4O2. The molecule has 110 valence electrons. The van der Waals surface area contributed by atoms with Gasteiger partial charge in [-0.3, -0.25) is 9.59 Å². The van der Waals surface area contributed by atoms with E-state index >= 15 is 0 Å². The smallest absolute Gasteiger partial charge is 0.269 e. The van der Waals surface area contributed by atoms with Crippen LogP contribution in [0, 0.1) is 11.3 Å². The van der Waals surface area contributed by atoms with Gasteiger partial charge in [0.05, 0.1) is 11.4 Å².